The van der Waals surface area contributed by atoms with Gasteiger partial charge in [-0.2, -0.15) is 0 Å². The van der Waals surface area contributed by atoms with E-state index in [4.69, 9.17) is 0 Å². The second-order valence-electron chi connectivity index (χ2n) is 5.23. The Balaban J connectivity index is 2.88. The molecule has 0 saturated carbocycles. The Morgan fingerprint density at radius 3 is 2.70 bits per heavy atom. The lowest BCUT2D eigenvalue weighted by atomic mass is 10.1. The lowest BCUT2D eigenvalue weighted by molar-refractivity contribution is 0.0703. The van der Waals surface area contributed by atoms with E-state index in [2.05, 4.69) is 31.1 Å². The Bertz CT molecular complexity index is 418. The molecule has 0 fully saturated rings. The van der Waals surface area contributed by atoms with Gasteiger partial charge in [-0.25, -0.2) is 4.98 Å². The summed E-state index contributed by atoms with van der Waals surface area (Å²) < 4.78 is 0. The number of anilines is 1. The predicted molar refractivity (Wildman–Crippen MR) is 84.1 cm³/mol. The van der Waals surface area contributed by atoms with E-state index < -0.39 is 0 Å². The molecule has 20 heavy (non-hydrogen) atoms. The van der Waals surface area contributed by atoms with Gasteiger partial charge in [0.15, 0.2) is 0 Å². The Morgan fingerprint density at radius 2 is 2.10 bits per heavy atom. The monoisotopic (exact) mass is 277 g/mol. The van der Waals surface area contributed by atoms with E-state index in [1.54, 1.807) is 6.20 Å². The highest BCUT2D eigenvalue weighted by atomic mass is 16.2. The summed E-state index contributed by atoms with van der Waals surface area (Å²) >= 11 is 0. The fourth-order valence-electron chi connectivity index (χ4n) is 2.17. The van der Waals surface area contributed by atoms with Gasteiger partial charge in [-0.15, -0.1) is 0 Å². The van der Waals surface area contributed by atoms with Crippen LogP contribution in [0.2, 0.25) is 0 Å². The predicted octanol–water partition coefficient (Wildman–Crippen LogP) is 3.55. The van der Waals surface area contributed by atoms with Crippen molar-refractivity contribution in [3.8, 4) is 0 Å². The number of hydrogen-bond donors (Lipinski definition) is 1. The van der Waals surface area contributed by atoms with Crippen LogP contribution in [0.15, 0.2) is 18.3 Å². The minimum Gasteiger partial charge on any atom is -0.370 e. The van der Waals surface area contributed by atoms with E-state index >= 15 is 0 Å². The van der Waals surface area contributed by atoms with Crippen LogP contribution >= 0.6 is 0 Å². The molecule has 0 aliphatic rings. The molecule has 0 aliphatic heterocycles. The molecule has 0 unspecified atom stereocenters. The van der Waals surface area contributed by atoms with E-state index in [1.165, 1.54) is 0 Å². The first-order valence-corrected chi connectivity index (χ1v) is 7.61. The second kappa shape index (κ2) is 8.56. The first kappa shape index (κ1) is 16.5. The lowest BCUT2D eigenvalue weighted by Crippen LogP contribution is -2.38. The molecule has 0 saturated heterocycles. The highest BCUT2D eigenvalue weighted by Crippen LogP contribution is 2.16. The zero-order valence-corrected chi connectivity index (χ0v) is 13.1. The zero-order valence-electron chi connectivity index (χ0n) is 13.1. The van der Waals surface area contributed by atoms with Crippen molar-refractivity contribution >= 4 is 11.7 Å². The van der Waals surface area contributed by atoms with E-state index in [9.17, 15) is 4.79 Å². The van der Waals surface area contributed by atoms with Gasteiger partial charge in [0, 0.05) is 25.3 Å². The van der Waals surface area contributed by atoms with Crippen molar-refractivity contribution in [2.75, 3.05) is 18.4 Å². The van der Waals surface area contributed by atoms with Gasteiger partial charge < -0.3 is 10.2 Å². The van der Waals surface area contributed by atoms with Gasteiger partial charge in [0.2, 0.25) is 0 Å². The number of hydrogen-bond acceptors (Lipinski definition) is 3. The van der Waals surface area contributed by atoms with Crippen LogP contribution in [0.1, 0.15) is 57.3 Å². The molecule has 1 aromatic heterocycles. The van der Waals surface area contributed by atoms with Crippen molar-refractivity contribution in [3.05, 3.63) is 23.9 Å². The standard InChI is InChI=1S/C16H27N3O/c1-5-7-8-12-19(13(3)4)16(20)14-10-9-11-18-15(14)17-6-2/h9-11,13H,5-8,12H2,1-4H3,(H,17,18). The van der Waals surface area contributed by atoms with Gasteiger partial charge in [0.25, 0.3) is 5.91 Å². The molecule has 1 heterocycles. The number of amides is 1. The molecule has 0 aliphatic carbocycles. The minimum atomic E-state index is 0.0696. The van der Waals surface area contributed by atoms with Crippen molar-refractivity contribution in [3.63, 3.8) is 0 Å². The molecule has 1 aromatic rings. The summed E-state index contributed by atoms with van der Waals surface area (Å²) in [6.45, 7) is 9.87. The molecule has 0 spiro atoms. The van der Waals surface area contributed by atoms with Crippen molar-refractivity contribution in [1.29, 1.82) is 0 Å². The highest BCUT2D eigenvalue weighted by molar-refractivity contribution is 5.98. The van der Waals surface area contributed by atoms with Crippen LogP contribution in [0, 0.1) is 0 Å². The number of pyridine rings is 1. The van der Waals surface area contributed by atoms with E-state index in [0.717, 1.165) is 32.4 Å². The molecule has 4 nitrogen and oxygen atoms in total. The average Bonchev–Trinajstić information content (AvgIpc) is 2.43. The number of rotatable bonds is 8. The van der Waals surface area contributed by atoms with Crippen molar-refractivity contribution in [1.82, 2.24) is 9.88 Å². The molecule has 1 rings (SSSR count). The van der Waals surface area contributed by atoms with E-state index in [0.29, 0.717) is 11.4 Å². The summed E-state index contributed by atoms with van der Waals surface area (Å²) in [7, 11) is 0. The SMILES string of the molecule is CCCCCN(C(=O)c1cccnc1NCC)C(C)C. The Kier molecular flexibility index (Phi) is 7.05. The molecule has 0 aromatic carbocycles. The van der Waals surface area contributed by atoms with E-state index in [-0.39, 0.29) is 11.9 Å². The lowest BCUT2D eigenvalue weighted by Gasteiger charge is -2.27. The summed E-state index contributed by atoms with van der Waals surface area (Å²) in [5, 5.41) is 3.16. The number of nitrogens with zero attached hydrogens (tertiary/aromatic N) is 2. The number of nitrogens with one attached hydrogen (secondary N) is 1. The van der Waals surface area contributed by atoms with Gasteiger partial charge in [0.1, 0.15) is 5.82 Å². The topological polar surface area (TPSA) is 45.2 Å². The Hall–Kier alpha value is -1.58. The average molecular weight is 277 g/mol. The maximum atomic E-state index is 12.7. The van der Waals surface area contributed by atoms with Crippen molar-refractivity contribution < 1.29 is 4.79 Å². The van der Waals surface area contributed by atoms with Gasteiger partial charge in [-0.1, -0.05) is 19.8 Å². The Morgan fingerprint density at radius 1 is 1.35 bits per heavy atom. The van der Waals surface area contributed by atoms with Crippen LogP contribution in [0.25, 0.3) is 0 Å². The highest BCUT2D eigenvalue weighted by Gasteiger charge is 2.21. The smallest absolute Gasteiger partial charge is 0.257 e. The molecule has 0 atom stereocenters. The summed E-state index contributed by atoms with van der Waals surface area (Å²) in [5.74, 6) is 0.751. The van der Waals surface area contributed by atoms with Crippen molar-refractivity contribution in [2.24, 2.45) is 0 Å². The summed E-state index contributed by atoms with van der Waals surface area (Å²) in [6.07, 6.45) is 5.09. The number of carbonyl (C=O) groups excluding carboxylic acids is 1. The molecule has 4 heteroatoms. The van der Waals surface area contributed by atoms with Crippen LogP contribution in [-0.4, -0.2) is 34.9 Å². The fraction of sp³-hybridized carbons (Fsp3) is 0.625. The minimum absolute atomic E-state index is 0.0696. The van der Waals surface area contributed by atoms with Crippen LogP contribution < -0.4 is 5.32 Å². The summed E-state index contributed by atoms with van der Waals surface area (Å²) in [5.41, 5.74) is 0.666. The first-order valence-electron chi connectivity index (χ1n) is 7.61. The van der Waals surface area contributed by atoms with Crippen molar-refractivity contribution in [2.45, 2.75) is 53.0 Å². The molecular weight excluding hydrogens is 250 g/mol. The third-order valence-corrected chi connectivity index (χ3v) is 3.27. The third kappa shape index (κ3) is 4.51. The fourth-order valence-corrected chi connectivity index (χ4v) is 2.17. The normalized spacial score (nSPS) is 10.7. The zero-order chi connectivity index (χ0) is 15.0. The maximum absolute atomic E-state index is 12.7. The second-order valence-corrected chi connectivity index (χ2v) is 5.23. The molecular formula is C16H27N3O. The molecule has 112 valence electrons. The van der Waals surface area contributed by atoms with Gasteiger partial charge in [-0.3, -0.25) is 4.79 Å². The summed E-state index contributed by atoms with van der Waals surface area (Å²) in [6, 6.07) is 3.87. The quantitative estimate of drug-likeness (QED) is 0.739. The summed E-state index contributed by atoms with van der Waals surface area (Å²) in [4.78, 5) is 18.9. The number of aromatic nitrogens is 1. The maximum Gasteiger partial charge on any atom is 0.257 e. The van der Waals surface area contributed by atoms with E-state index in [1.807, 2.05) is 24.0 Å². The van der Waals surface area contributed by atoms with Gasteiger partial charge in [0.05, 0.1) is 5.56 Å². The van der Waals surface area contributed by atoms with Crippen LogP contribution in [0.4, 0.5) is 5.82 Å². The Labute approximate surface area is 122 Å². The largest absolute Gasteiger partial charge is 0.370 e. The molecule has 1 N–H and O–H groups in total. The van der Waals surface area contributed by atoms with Crippen LogP contribution in [0.5, 0.6) is 0 Å². The number of carbonyl (C=O) groups is 1. The molecule has 1 amide bonds. The third-order valence-electron chi connectivity index (χ3n) is 3.27. The molecule has 0 radical (unpaired) electrons. The molecule has 0 bridgehead atoms. The van der Waals surface area contributed by atoms with Crippen LogP contribution in [0.3, 0.4) is 0 Å². The first-order chi connectivity index (χ1) is 9.61. The van der Waals surface area contributed by atoms with Gasteiger partial charge >= 0.3 is 0 Å². The number of unbranched alkanes of at least 4 members (excludes halogenated alkanes) is 2. The van der Waals surface area contributed by atoms with Gasteiger partial charge in [-0.05, 0) is 39.3 Å². The van der Waals surface area contributed by atoms with Crippen LogP contribution in [-0.2, 0) is 0 Å².